The number of fused-ring (bicyclic) bond motifs is 3. The standard InChI is InChI=1S/C38H26N4/c1-3-13-27(14-4-1)31-17-7-10-20-34(31)42-37(28-15-5-2-6-16-28)39-40-38(42)29-23-25-30(26-24-29)41-35-21-11-8-18-32(35)33-19-9-12-22-36(33)41/h1-26H. The van der Waals surface area contributed by atoms with E-state index in [1.54, 1.807) is 0 Å². The monoisotopic (exact) mass is 538 g/mol. The molecule has 198 valence electrons. The molecule has 2 heterocycles. The molecule has 0 amide bonds. The lowest BCUT2D eigenvalue weighted by atomic mass is 10.0. The van der Waals surface area contributed by atoms with Gasteiger partial charge in [-0.3, -0.25) is 4.57 Å². The molecule has 0 spiro atoms. The zero-order valence-corrected chi connectivity index (χ0v) is 22.8. The molecule has 0 aliphatic rings. The van der Waals surface area contributed by atoms with Gasteiger partial charge in [-0.1, -0.05) is 115 Å². The van der Waals surface area contributed by atoms with E-state index in [2.05, 4.69) is 143 Å². The van der Waals surface area contributed by atoms with Crippen LogP contribution in [0.2, 0.25) is 0 Å². The Balaban J connectivity index is 1.31. The third kappa shape index (κ3) is 3.93. The summed E-state index contributed by atoms with van der Waals surface area (Å²) in [5.74, 6) is 1.60. The second-order valence-corrected chi connectivity index (χ2v) is 10.3. The van der Waals surface area contributed by atoms with E-state index < -0.39 is 0 Å². The third-order valence-corrected chi connectivity index (χ3v) is 7.89. The highest BCUT2D eigenvalue weighted by molar-refractivity contribution is 6.09. The van der Waals surface area contributed by atoms with Gasteiger partial charge in [0.05, 0.1) is 16.7 Å². The van der Waals surface area contributed by atoms with Crippen LogP contribution in [0.3, 0.4) is 0 Å². The van der Waals surface area contributed by atoms with Crippen molar-refractivity contribution in [1.82, 2.24) is 19.3 Å². The van der Waals surface area contributed by atoms with E-state index in [1.807, 2.05) is 24.3 Å². The summed E-state index contributed by atoms with van der Waals surface area (Å²) in [7, 11) is 0. The molecule has 0 aliphatic heterocycles. The summed E-state index contributed by atoms with van der Waals surface area (Å²) in [5.41, 5.74) is 8.81. The van der Waals surface area contributed by atoms with Gasteiger partial charge in [0.2, 0.25) is 0 Å². The van der Waals surface area contributed by atoms with Crippen LogP contribution < -0.4 is 0 Å². The number of rotatable bonds is 5. The van der Waals surface area contributed by atoms with Gasteiger partial charge in [0, 0.05) is 33.2 Å². The van der Waals surface area contributed by atoms with E-state index in [4.69, 9.17) is 10.2 Å². The van der Waals surface area contributed by atoms with Gasteiger partial charge in [0.15, 0.2) is 11.6 Å². The number of para-hydroxylation sites is 3. The molecule has 4 heteroatoms. The molecule has 0 N–H and O–H groups in total. The molecule has 0 radical (unpaired) electrons. The van der Waals surface area contributed by atoms with E-state index in [1.165, 1.54) is 21.8 Å². The van der Waals surface area contributed by atoms with Crippen LogP contribution in [0, 0.1) is 0 Å². The molecular weight excluding hydrogens is 512 g/mol. The molecular formula is C38H26N4. The van der Waals surface area contributed by atoms with Gasteiger partial charge in [-0.05, 0) is 48.0 Å². The van der Waals surface area contributed by atoms with Crippen LogP contribution in [-0.2, 0) is 0 Å². The minimum Gasteiger partial charge on any atom is -0.309 e. The Hall–Kier alpha value is -5.74. The van der Waals surface area contributed by atoms with Crippen LogP contribution in [0.25, 0.3) is 67.1 Å². The lowest BCUT2D eigenvalue weighted by Gasteiger charge is -2.16. The van der Waals surface area contributed by atoms with Crippen molar-refractivity contribution in [3.63, 3.8) is 0 Å². The Morgan fingerprint density at radius 1 is 0.357 bits per heavy atom. The molecule has 0 aliphatic carbocycles. The molecule has 0 saturated carbocycles. The molecule has 4 nitrogen and oxygen atoms in total. The predicted molar refractivity (Wildman–Crippen MR) is 172 cm³/mol. The molecule has 0 fully saturated rings. The van der Waals surface area contributed by atoms with E-state index in [-0.39, 0.29) is 0 Å². The number of aromatic nitrogens is 4. The van der Waals surface area contributed by atoms with Crippen molar-refractivity contribution in [1.29, 1.82) is 0 Å². The first-order valence-electron chi connectivity index (χ1n) is 14.1. The van der Waals surface area contributed by atoms with Crippen molar-refractivity contribution in [3.05, 3.63) is 158 Å². The van der Waals surface area contributed by atoms with Crippen molar-refractivity contribution >= 4 is 21.8 Å². The number of hydrogen-bond donors (Lipinski definition) is 0. The lowest BCUT2D eigenvalue weighted by molar-refractivity contribution is 1.07. The molecule has 2 aromatic heterocycles. The quantitative estimate of drug-likeness (QED) is 0.219. The van der Waals surface area contributed by atoms with Crippen LogP contribution in [0.1, 0.15) is 0 Å². The number of nitrogens with zero attached hydrogens (tertiary/aromatic N) is 4. The highest BCUT2D eigenvalue weighted by Gasteiger charge is 2.20. The highest BCUT2D eigenvalue weighted by atomic mass is 15.3. The van der Waals surface area contributed by atoms with E-state index >= 15 is 0 Å². The maximum Gasteiger partial charge on any atom is 0.168 e. The van der Waals surface area contributed by atoms with Crippen LogP contribution >= 0.6 is 0 Å². The molecule has 8 aromatic rings. The minimum absolute atomic E-state index is 0.797. The second-order valence-electron chi connectivity index (χ2n) is 10.3. The van der Waals surface area contributed by atoms with Crippen molar-refractivity contribution in [3.8, 4) is 45.3 Å². The van der Waals surface area contributed by atoms with Crippen LogP contribution in [-0.4, -0.2) is 19.3 Å². The van der Waals surface area contributed by atoms with Crippen LogP contribution in [0.15, 0.2) is 158 Å². The average molecular weight is 539 g/mol. The highest BCUT2D eigenvalue weighted by Crippen LogP contribution is 2.36. The lowest BCUT2D eigenvalue weighted by Crippen LogP contribution is -2.03. The molecule has 8 rings (SSSR count). The summed E-state index contributed by atoms with van der Waals surface area (Å²) in [5, 5.41) is 12.0. The van der Waals surface area contributed by atoms with Crippen LogP contribution in [0.4, 0.5) is 0 Å². The number of hydrogen-bond acceptors (Lipinski definition) is 2. The smallest absolute Gasteiger partial charge is 0.168 e. The van der Waals surface area contributed by atoms with Crippen LogP contribution in [0.5, 0.6) is 0 Å². The van der Waals surface area contributed by atoms with Gasteiger partial charge < -0.3 is 4.57 Å². The van der Waals surface area contributed by atoms with Crippen molar-refractivity contribution in [2.45, 2.75) is 0 Å². The molecule has 0 atom stereocenters. The predicted octanol–water partition coefficient (Wildman–Crippen LogP) is 9.37. The van der Waals surface area contributed by atoms with Gasteiger partial charge in [-0.15, -0.1) is 10.2 Å². The maximum atomic E-state index is 4.77. The molecule has 42 heavy (non-hydrogen) atoms. The largest absolute Gasteiger partial charge is 0.309 e. The Morgan fingerprint density at radius 3 is 1.45 bits per heavy atom. The van der Waals surface area contributed by atoms with Gasteiger partial charge in [-0.2, -0.15) is 0 Å². The Kier molecular flexibility index (Phi) is 5.75. The number of benzene rings is 6. The van der Waals surface area contributed by atoms with E-state index in [0.29, 0.717) is 0 Å². The van der Waals surface area contributed by atoms with Crippen molar-refractivity contribution in [2.24, 2.45) is 0 Å². The summed E-state index contributed by atoms with van der Waals surface area (Å²) >= 11 is 0. The van der Waals surface area contributed by atoms with E-state index in [9.17, 15) is 0 Å². The molecule has 0 bridgehead atoms. The Morgan fingerprint density at radius 2 is 0.833 bits per heavy atom. The fourth-order valence-corrected chi connectivity index (χ4v) is 5.96. The first-order chi connectivity index (χ1) is 20.9. The SMILES string of the molecule is c1ccc(-c2ccccc2-n2c(-c3ccccc3)nnc2-c2ccc(-n3c4ccccc4c4ccccc43)cc2)cc1. The summed E-state index contributed by atoms with van der Waals surface area (Å²) in [6, 6.07) is 55.1. The Labute approximate surface area is 243 Å². The fraction of sp³-hybridized carbons (Fsp3) is 0. The van der Waals surface area contributed by atoms with Gasteiger partial charge >= 0.3 is 0 Å². The maximum absolute atomic E-state index is 4.77. The average Bonchev–Trinajstić information content (AvgIpc) is 3.66. The summed E-state index contributed by atoms with van der Waals surface area (Å²) in [4.78, 5) is 0. The topological polar surface area (TPSA) is 35.6 Å². The second kappa shape index (κ2) is 10.0. The molecule has 6 aromatic carbocycles. The first-order valence-corrected chi connectivity index (χ1v) is 14.1. The van der Waals surface area contributed by atoms with Crippen molar-refractivity contribution < 1.29 is 0 Å². The third-order valence-electron chi connectivity index (χ3n) is 7.89. The van der Waals surface area contributed by atoms with Gasteiger partial charge in [-0.25, -0.2) is 0 Å². The summed E-state index contributed by atoms with van der Waals surface area (Å²) in [6.45, 7) is 0. The van der Waals surface area contributed by atoms with Crippen molar-refractivity contribution in [2.75, 3.05) is 0 Å². The fourth-order valence-electron chi connectivity index (χ4n) is 5.96. The normalized spacial score (nSPS) is 11.3. The Bertz CT molecular complexity index is 2120. The summed E-state index contributed by atoms with van der Waals surface area (Å²) in [6.07, 6.45) is 0. The van der Waals surface area contributed by atoms with Gasteiger partial charge in [0.25, 0.3) is 0 Å². The molecule has 0 unspecified atom stereocenters. The van der Waals surface area contributed by atoms with Gasteiger partial charge in [0.1, 0.15) is 0 Å². The van der Waals surface area contributed by atoms with E-state index in [0.717, 1.165) is 45.3 Å². The summed E-state index contributed by atoms with van der Waals surface area (Å²) < 4.78 is 4.52. The first kappa shape index (κ1) is 24.1. The molecule has 0 saturated heterocycles. The zero-order valence-electron chi connectivity index (χ0n) is 22.8. The minimum atomic E-state index is 0.797. The zero-order chi connectivity index (χ0) is 27.9.